The van der Waals surface area contributed by atoms with E-state index in [0.717, 1.165) is 97.7 Å². The monoisotopic (exact) mass is 1280 g/mol. The Morgan fingerprint density at radius 3 is 1.03 bits per heavy atom. The highest BCUT2D eigenvalue weighted by Gasteiger charge is 2.27. The van der Waals surface area contributed by atoms with Crippen LogP contribution in [0.15, 0.2) is 382 Å². The van der Waals surface area contributed by atoms with E-state index in [0.29, 0.717) is 0 Å². The van der Waals surface area contributed by atoms with Gasteiger partial charge in [0.25, 0.3) is 0 Å². The van der Waals surface area contributed by atoms with E-state index in [1.54, 1.807) is 0 Å². The van der Waals surface area contributed by atoms with Crippen LogP contribution in [-0.4, -0.2) is 0 Å². The lowest BCUT2D eigenvalue weighted by molar-refractivity contribution is 0.997. The minimum atomic E-state index is 0.847. The third kappa shape index (κ3) is 11.1. The number of para-hydroxylation sites is 4. The zero-order valence-corrected chi connectivity index (χ0v) is 55.2. The van der Waals surface area contributed by atoms with Crippen molar-refractivity contribution < 1.29 is 0 Å². The van der Waals surface area contributed by atoms with Crippen molar-refractivity contribution in [3.05, 3.63) is 399 Å². The maximum absolute atomic E-state index is 2.52. The lowest BCUT2D eigenvalue weighted by Crippen LogP contribution is -2.15. The molecule has 0 spiro atoms. The Morgan fingerprint density at radius 1 is 0.190 bits per heavy atom. The molecule has 4 nitrogen and oxygen atoms in total. The quantitative estimate of drug-likeness (QED) is 0.0949. The molecule has 18 rings (SSSR count). The standard InChI is InChI=1S/C96H68N4/c1-5-29-78(30-6-1)97(86-59-49-67-23-13-14-24-72(67)61-86)82-51-41-68(42-52-82)69-47-57-85(58-48-69)100(81-35-11-4-12-36-81)96-64-74-26-16-15-25-73(74)62-92(96)77-50-60-91-93(63-77)88-38-20-18-28-76(88)66-95(91)99(80-33-9-3-10-34-80)84-55-45-71(46-56-84)70-43-53-83(54-44-70)98(79-31-7-2-8-32-79)94-65-75-27-17-19-37-87(75)89-39-21-22-40-90(89)94/h1-49,51-59,61-66H,50,60H2. The molecule has 100 heavy (non-hydrogen) atoms. The number of hydrogen-bond donors (Lipinski definition) is 0. The topological polar surface area (TPSA) is 13.0 Å². The fraction of sp³-hybridized carbons (Fsp3) is 0.0208. The van der Waals surface area contributed by atoms with Crippen LogP contribution in [0.2, 0.25) is 0 Å². The summed E-state index contributed by atoms with van der Waals surface area (Å²) < 4.78 is 0. The first-order valence-electron chi connectivity index (χ1n) is 34.6. The van der Waals surface area contributed by atoms with Crippen molar-refractivity contribution in [2.45, 2.75) is 12.8 Å². The van der Waals surface area contributed by atoms with E-state index in [-0.39, 0.29) is 0 Å². The average Bonchev–Trinajstić information content (AvgIpc) is 0.751. The first-order chi connectivity index (χ1) is 49.6. The van der Waals surface area contributed by atoms with Crippen LogP contribution in [0.1, 0.15) is 23.1 Å². The molecule has 0 radical (unpaired) electrons. The molecule has 0 aliphatic heterocycles. The van der Waals surface area contributed by atoms with Gasteiger partial charge in [0, 0.05) is 62.1 Å². The van der Waals surface area contributed by atoms with Crippen molar-refractivity contribution in [3.8, 4) is 22.3 Å². The Balaban J connectivity index is 0.696. The Morgan fingerprint density at radius 2 is 0.520 bits per heavy atom. The molecule has 1 aliphatic rings. The van der Waals surface area contributed by atoms with E-state index in [1.165, 1.54) is 81.8 Å². The van der Waals surface area contributed by atoms with Crippen molar-refractivity contribution in [1.29, 1.82) is 0 Å². The Labute approximate surface area is 583 Å². The van der Waals surface area contributed by atoms with Gasteiger partial charge < -0.3 is 19.6 Å². The van der Waals surface area contributed by atoms with E-state index in [9.17, 15) is 0 Å². The van der Waals surface area contributed by atoms with Gasteiger partial charge in [0.2, 0.25) is 0 Å². The fourth-order valence-electron chi connectivity index (χ4n) is 15.2. The molecule has 0 fully saturated rings. The highest BCUT2D eigenvalue weighted by molar-refractivity contribution is 6.15. The summed E-state index contributed by atoms with van der Waals surface area (Å²) in [5, 5.41) is 12.2. The zero-order chi connectivity index (χ0) is 66.3. The molecular formula is C96H68N4. The van der Waals surface area contributed by atoms with Gasteiger partial charge in [-0.15, -0.1) is 0 Å². The molecule has 0 aromatic heterocycles. The van der Waals surface area contributed by atoms with Crippen molar-refractivity contribution in [1.82, 2.24) is 0 Å². The minimum absolute atomic E-state index is 0.847. The Bertz CT molecular complexity index is 5880. The first-order valence-corrected chi connectivity index (χ1v) is 34.6. The first kappa shape index (κ1) is 59.5. The SMILES string of the molecule is C1=C(c2cc3ccccc3cc2N(c2ccccc2)c2ccc(-c3ccc(N(c4ccccc4)c4ccc5ccccc5c4)cc3)cc2)CCc2c(N(c3ccccc3)c3ccc(-c4ccc(N(c5ccccc5)c5cc6ccccc6c6ccccc56)cc4)cc3)cc3ccccc3c21. The number of nitrogens with zero attached hydrogens (tertiary/aromatic N) is 4. The van der Waals surface area contributed by atoms with Gasteiger partial charge in [-0.2, -0.15) is 0 Å². The second-order valence-electron chi connectivity index (χ2n) is 26.0. The number of rotatable bonds is 15. The zero-order valence-electron chi connectivity index (χ0n) is 55.2. The molecule has 17 aromatic carbocycles. The van der Waals surface area contributed by atoms with Crippen LogP contribution in [0.4, 0.5) is 68.2 Å². The van der Waals surface area contributed by atoms with Crippen LogP contribution in [0, 0.1) is 0 Å². The summed E-state index contributed by atoms with van der Waals surface area (Å²) in [6.07, 6.45) is 4.21. The van der Waals surface area contributed by atoms with Gasteiger partial charge >= 0.3 is 0 Å². The van der Waals surface area contributed by atoms with Crippen molar-refractivity contribution in [3.63, 3.8) is 0 Å². The normalized spacial score (nSPS) is 12.0. The summed E-state index contributed by atoms with van der Waals surface area (Å²) in [6, 6.07) is 140. The van der Waals surface area contributed by atoms with Crippen LogP contribution in [0.25, 0.3) is 87.8 Å². The molecule has 0 saturated carbocycles. The van der Waals surface area contributed by atoms with E-state index in [2.05, 4.69) is 408 Å². The lowest BCUT2D eigenvalue weighted by Gasteiger charge is -2.32. The van der Waals surface area contributed by atoms with Crippen molar-refractivity contribution >= 4 is 134 Å². The van der Waals surface area contributed by atoms with Gasteiger partial charge in [-0.25, -0.2) is 0 Å². The molecule has 1 aliphatic carbocycles. The maximum atomic E-state index is 2.52. The van der Waals surface area contributed by atoms with Crippen LogP contribution >= 0.6 is 0 Å². The van der Waals surface area contributed by atoms with Crippen molar-refractivity contribution in [2.75, 3.05) is 19.6 Å². The molecule has 4 heteroatoms. The van der Waals surface area contributed by atoms with Gasteiger partial charge in [0.05, 0.1) is 17.1 Å². The van der Waals surface area contributed by atoms with Crippen LogP contribution in [-0.2, 0) is 6.42 Å². The molecule has 472 valence electrons. The lowest BCUT2D eigenvalue weighted by atomic mass is 9.83. The molecule has 0 N–H and O–H groups in total. The van der Waals surface area contributed by atoms with E-state index >= 15 is 0 Å². The summed E-state index contributed by atoms with van der Waals surface area (Å²) in [7, 11) is 0. The summed E-state index contributed by atoms with van der Waals surface area (Å²) in [5.74, 6) is 0. The average molecular weight is 1280 g/mol. The third-order valence-corrected chi connectivity index (χ3v) is 20.0. The fourth-order valence-corrected chi connectivity index (χ4v) is 15.2. The summed E-state index contributed by atoms with van der Waals surface area (Å²) >= 11 is 0. The van der Waals surface area contributed by atoms with Crippen LogP contribution in [0.3, 0.4) is 0 Å². The number of fused-ring (bicyclic) bond motifs is 8. The van der Waals surface area contributed by atoms with Gasteiger partial charge in [-0.1, -0.05) is 255 Å². The van der Waals surface area contributed by atoms with E-state index in [4.69, 9.17) is 0 Å². The molecule has 0 amide bonds. The van der Waals surface area contributed by atoms with Gasteiger partial charge in [-0.3, -0.25) is 0 Å². The third-order valence-electron chi connectivity index (χ3n) is 20.0. The van der Waals surface area contributed by atoms with Gasteiger partial charge in [-0.05, 0) is 234 Å². The largest absolute Gasteiger partial charge is 0.310 e. The predicted octanol–water partition coefficient (Wildman–Crippen LogP) is 27.2. The summed E-state index contributed by atoms with van der Waals surface area (Å²) in [5.41, 5.74) is 23.1. The number of hydrogen-bond acceptors (Lipinski definition) is 4. The second-order valence-corrected chi connectivity index (χ2v) is 26.0. The summed E-state index contributed by atoms with van der Waals surface area (Å²) in [4.78, 5) is 9.68. The highest BCUT2D eigenvalue weighted by atomic mass is 15.2. The number of allylic oxidation sites excluding steroid dienone is 1. The van der Waals surface area contributed by atoms with Gasteiger partial charge in [0.15, 0.2) is 0 Å². The van der Waals surface area contributed by atoms with Crippen LogP contribution in [0.5, 0.6) is 0 Å². The van der Waals surface area contributed by atoms with E-state index < -0.39 is 0 Å². The molecule has 0 atom stereocenters. The van der Waals surface area contributed by atoms with E-state index in [1.807, 2.05) is 0 Å². The van der Waals surface area contributed by atoms with Crippen LogP contribution < -0.4 is 19.6 Å². The second kappa shape index (κ2) is 25.9. The highest BCUT2D eigenvalue weighted by Crippen LogP contribution is 2.50. The predicted molar refractivity (Wildman–Crippen MR) is 426 cm³/mol. The molecule has 17 aromatic rings. The molecule has 0 saturated heterocycles. The minimum Gasteiger partial charge on any atom is -0.310 e. The van der Waals surface area contributed by atoms with Gasteiger partial charge in [0.1, 0.15) is 0 Å². The number of benzene rings is 17. The maximum Gasteiger partial charge on any atom is 0.0546 e. The molecule has 0 bridgehead atoms. The Hall–Kier alpha value is -13.0. The smallest absolute Gasteiger partial charge is 0.0546 e. The number of anilines is 12. The molecule has 0 heterocycles. The molecule has 0 unspecified atom stereocenters. The summed E-state index contributed by atoms with van der Waals surface area (Å²) in [6.45, 7) is 0. The Kier molecular flexibility index (Phi) is 15.4. The van der Waals surface area contributed by atoms with Crippen molar-refractivity contribution in [2.24, 2.45) is 0 Å². The molecular weight excluding hydrogens is 1210 g/mol.